The van der Waals surface area contributed by atoms with Gasteiger partial charge in [-0.05, 0) is 18.8 Å². The van der Waals surface area contributed by atoms with Crippen LogP contribution in [0.1, 0.15) is 12.8 Å². The maximum atomic E-state index is 9.27. The summed E-state index contributed by atoms with van der Waals surface area (Å²) in [7, 11) is 0. The monoisotopic (exact) mass is 140 g/mol. The summed E-state index contributed by atoms with van der Waals surface area (Å²) in [6, 6.07) is 0. The molecule has 3 atom stereocenters. The van der Waals surface area contributed by atoms with Crippen molar-refractivity contribution in [2.75, 3.05) is 6.61 Å². The second-order valence-corrected chi connectivity index (χ2v) is 3.09. The summed E-state index contributed by atoms with van der Waals surface area (Å²) < 4.78 is 5.12. The summed E-state index contributed by atoms with van der Waals surface area (Å²) in [5, 5.41) is 9.27. The van der Waals surface area contributed by atoms with E-state index < -0.39 is 6.29 Å². The fourth-order valence-electron chi connectivity index (χ4n) is 1.78. The van der Waals surface area contributed by atoms with Gasteiger partial charge in [0.25, 0.3) is 0 Å². The molecule has 0 aromatic rings. The average molecular weight is 140 g/mol. The van der Waals surface area contributed by atoms with Gasteiger partial charge in [-0.25, -0.2) is 0 Å². The molecule has 10 heavy (non-hydrogen) atoms. The Labute approximate surface area is 60.5 Å². The number of aliphatic hydroxyl groups excluding tert-OH is 1. The van der Waals surface area contributed by atoms with E-state index in [0.717, 1.165) is 19.4 Å². The first-order chi connectivity index (χ1) is 4.88. The average Bonchev–Trinajstić information content (AvgIpc) is 2.34. The number of hydrogen-bond acceptors (Lipinski definition) is 2. The maximum Gasteiger partial charge on any atom is 0.158 e. The SMILES string of the molecule is O[C@@H]1OC[C@@H]2CC=CC[C@@H]21. The van der Waals surface area contributed by atoms with Gasteiger partial charge in [-0.1, -0.05) is 12.2 Å². The zero-order valence-electron chi connectivity index (χ0n) is 5.86. The van der Waals surface area contributed by atoms with Crippen LogP contribution < -0.4 is 0 Å². The number of rotatable bonds is 0. The molecule has 1 fully saturated rings. The van der Waals surface area contributed by atoms with Gasteiger partial charge in [-0.15, -0.1) is 0 Å². The molecule has 0 saturated carbocycles. The molecule has 0 spiro atoms. The molecule has 2 heteroatoms. The van der Waals surface area contributed by atoms with E-state index in [1.165, 1.54) is 0 Å². The highest BCUT2D eigenvalue weighted by Crippen LogP contribution is 2.34. The standard InChI is InChI=1S/C8H12O2/c9-8-7-4-2-1-3-6(7)5-10-8/h1-2,6-9H,3-5H2/t6-,7-,8+/m0/s1. The summed E-state index contributed by atoms with van der Waals surface area (Å²) >= 11 is 0. The zero-order chi connectivity index (χ0) is 6.97. The van der Waals surface area contributed by atoms with E-state index in [1.54, 1.807) is 0 Å². The third-order valence-electron chi connectivity index (χ3n) is 2.47. The number of hydrogen-bond donors (Lipinski definition) is 1. The van der Waals surface area contributed by atoms with Gasteiger partial charge in [-0.3, -0.25) is 0 Å². The second kappa shape index (κ2) is 2.36. The first-order valence-corrected chi connectivity index (χ1v) is 3.82. The summed E-state index contributed by atoms with van der Waals surface area (Å²) in [6.07, 6.45) is 5.91. The van der Waals surface area contributed by atoms with Crippen LogP contribution in [0.3, 0.4) is 0 Å². The third-order valence-corrected chi connectivity index (χ3v) is 2.47. The lowest BCUT2D eigenvalue weighted by Gasteiger charge is -2.19. The number of ether oxygens (including phenoxy) is 1. The molecule has 1 saturated heterocycles. The smallest absolute Gasteiger partial charge is 0.158 e. The fourth-order valence-corrected chi connectivity index (χ4v) is 1.78. The maximum absolute atomic E-state index is 9.27. The van der Waals surface area contributed by atoms with Crippen LogP contribution in [0, 0.1) is 11.8 Å². The van der Waals surface area contributed by atoms with Crippen LogP contribution in [0.5, 0.6) is 0 Å². The van der Waals surface area contributed by atoms with Crippen molar-refractivity contribution in [2.24, 2.45) is 11.8 Å². The van der Waals surface area contributed by atoms with Crippen LogP contribution in [0.2, 0.25) is 0 Å². The summed E-state index contributed by atoms with van der Waals surface area (Å²) in [5.41, 5.74) is 0. The van der Waals surface area contributed by atoms with E-state index >= 15 is 0 Å². The Morgan fingerprint density at radius 2 is 2.10 bits per heavy atom. The highest BCUT2D eigenvalue weighted by Gasteiger charge is 2.35. The minimum Gasteiger partial charge on any atom is -0.368 e. The first-order valence-electron chi connectivity index (χ1n) is 3.82. The van der Waals surface area contributed by atoms with Crippen LogP contribution in [-0.2, 0) is 4.74 Å². The van der Waals surface area contributed by atoms with Gasteiger partial charge in [0, 0.05) is 5.92 Å². The lowest BCUT2D eigenvalue weighted by atomic mass is 9.85. The summed E-state index contributed by atoms with van der Waals surface area (Å²) in [4.78, 5) is 0. The third kappa shape index (κ3) is 0.879. The van der Waals surface area contributed by atoms with E-state index in [0.29, 0.717) is 11.8 Å². The topological polar surface area (TPSA) is 29.5 Å². The van der Waals surface area contributed by atoms with Crippen molar-refractivity contribution < 1.29 is 9.84 Å². The summed E-state index contributed by atoms with van der Waals surface area (Å²) in [6.45, 7) is 0.746. The zero-order valence-corrected chi connectivity index (χ0v) is 5.86. The minimum atomic E-state index is -0.491. The molecular weight excluding hydrogens is 128 g/mol. The molecule has 0 radical (unpaired) electrons. The Kier molecular flexibility index (Phi) is 1.51. The van der Waals surface area contributed by atoms with Gasteiger partial charge in [0.1, 0.15) is 0 Å². The molecule has 1 N–H and O–H groups in total. The quantitative estimate of drug-likeness (QED) is 0.507. The predicted molar refractivity (Wildman–Crippen MR) is 37.3 cm³/mol. The van der Waals surface area contributed by atoms with Crippen molar-refractivity contribution in [3.8, 4) is 0 Å². The molecule has 56 valence electrons. The van der Waals surface area contributed by atoms with E-state index in [1.807, 2.05) is 0 Å². The van der Waals surface area contributed by atoms with Gasteiger partial charge in [-0.2, -0.15) is 0 Å². The number of aliphatic hydroxyl groups is 1. The molecule has 1 heterocycles. The lowest BCUT2D eigenvalue weighted by molar-refractivity contribution is -0.0816. The van der Waals surface area contributed by atoms with Crippen molar-refractivity contribution in [2.45, 2.75) is 19.1 Å². The van der Waals surface area contributed by atoms with Crippen molar-refractivity contribution in [3.05, 3.63) is 12.2 Å². The Hall–Kier alpha value is -0.340. The molecular formula is C8H12O2. The molecule has 2 rings (SSSR count). The molecule has 1 aliphatic heterocycles. The fraction of sp³-hybridized carbons (Fsp3) is 0.750. The van der Waals surface area contributed by atoms with E-state index in [9.17, 15) is 5.11 Å². The van der Waals surface area contributed by atoms with Crippen LogP contribution in [0.15, 0.2) is 12.2 Å². The van der Waals surface area contributed by atoms with Gasteiger partial charge in [0.05, 0.1) is 6.61 Å². The lowest BCUT2D eigenvalue weighted by Crippen LogP contribution is -2.20. The van der Waals surface area contributed by atoms with Gasteiger partial charge >= 0.3 is 0 Å². The Bertz CT molecular complexity index is 153. The predicted octanol–water partition coefficient (Wildman–Crippen LogP) is 0.917. The van der Waals surface area contributed by atoms with Crippen molar-refractivity contribution >= 4 is 0 Å². The van der Waals surface area contributed by atoms with Gasteiger partial charge < -0.3 is 9.84 Å². The summed E-state index contributed by atoms with van der Waals surface area (Å²) in [5.74, 6) is 0.963. The molecule has 1 aliphatic carbocycles. The first kappa shape index (κ1) is 6.38. The van der Waals surface area contributed by atoms with Gasteiger partial charge in [0.15, 0.2) is 6.29 Å². The van der Waals surface area contributed by atoms with Crippen LogP contribution >= 0.6 is 0 Å². The minimum absolute atomic E-state index is 0.380. The van der Waals surface area contributed by atoms with Crippen LogP contribution in [0.25, 0.3) is 0 Å². The van der Waals surface area contributed by atoms with E-state index in [-0.39, 0.29) is 0 Å². The Balaban J connectivity index is 2.10. The Morgan fingerprint density at radius 3 is 2.90 bits per heavy atom. The molecule has 0 bridgehead atoms. The van der Waals surface area contributed by atoms with E-state index in [2.05, 4.69) is 12.2 Å². The number of fused-ring (bicyclic) bond motifs is 1. The molecule has 0 aromatic carbocycles. The van der Waals surface area contributed by atoms with Crippen molar-refractivity contribution in [1.29, 1.82) is 0 Å². The van der Waals surface area contributed by atoms with Crippen LogP contribution in [-0.4, -0.2) is 18.0 Å². The molecule has 0 aromatic heterocycles. The Morgan fingerprint density at radius 1 is 1.30 bits per heavy atom. The van der Waals surface area contributed by atoms with Gasteiger partial charge in [0.2, 0.25) is 0 Å². The molecule has 0 amide bonds. The second-order valence-electron chi connectivity index (χ2n) is 3.09. The van der Waals surface area contributed by atoms with Crippen molar-refractivity contribution in [3.63, 3.8) is 0 Å². The highest BCUT2D eigenvalue weighted by molar-refractivity contribution is 4.97. The van der Waals surface area contributed by atoms with Crippen LogP contribution in [0.4, 0.5) is 0 Å². The molecule has 0 unspecified atom stereocenters. The number of allylic oxidation sites excluding steroid dienone is 2. The normalized spacial score (nSPS) is 45.5. The largest absolute Gasteiger partial charge is 0.368 e. The van der Waals surface area contributed by atoms with Crippen molar-refractivity contribution in [1.82, 2.24) is 0 Å². The molecule has 2 aliphatic rings. The molecule has 2 nitrogen and oxygen atoms in total. The highest BCUT2D eigenvalue weighted by atomic mass is 16.6. The van der Waals surface area contributed by atoms with E-state index in [4.69, 9.17) is 4.74 Å².